The maximum Gasteiger partial charge on any atom is 0.501 e. The fourth-order valence-electron chi connectivity index (χ4n) is 0.160. The lowest BCUT2D eigenvalue weighted by atomic mass is 10.7. The molecule has 0 aromatic carbocycles. The molecule has 0 fully saturated rings. The molecule has 0 rings (SSSR count). The monoisotopic (exact) mass is 101 g/mol. The van der Waals surface area contributed by atoms with E-state index in [1.807, 2.05) is 0 Å². The second-order valence-electron chi connectivity index (χ2n) is 0.966. The van der Waals surface area contributed by atoms with Crippen LogP contribution in [0, 0.1) is 6.92 Å². The van der Waals surface area contributed by atoms with Gasteiger partial charge in [-0.15, -0.1) is 0 Å². The second-order valence-corrected chi connectivity index (χ2v) is 0.966. The van der Waals surface area contributed by atoms with Crippen LogP contribution in [0.1, 0.15) is 6.92 Å². The summed E-state index contributed by atoms with van der Waals surface area (Å²) in [5.74, 6) is -1.44. The topological polar surface area (TPSA) is 43.4 Å². The van der Waals surface area contributed by atoms with Crippen LogP contribution in [-0.4, -0.2) is 11.9 Å². The number of carbonyl (C=O) groups excluding carboxylic acids is 2. The molecule has 0 aliphatic heterocycles. The SMILES string of the molecule is [CH2+]C(=O)OC(C)=O. The molecule has 38 valence electrons. The summed E-state index contributed by atoms with van der Waals surface area (Å²) in [6, 6.07) is 0. The Bertz CT molecular complexity index is 83.1. The molecular weight excluding hydrogens is 96.0 g/mol. The van der Waals surface area contributed by atoms with E-state index < -0.39 is 11.9 Å². The van der Waals surface area contributed by atoms with E-state index in [1.54, 1.807) is 0 Å². The Morgan fingerprint density at radius 2 is 2.00 bits per heavy atom. The quantitative estimate of drug-likeness (QED) is 0.243. The van der Waals surface area contributed by atoms with Gasteiger partial charge in [-0.2, -0.15) is 4.79 Å². The lowest BCUT2D eigenvalue weighted by Gasteiger charge is -1.81. The van der Waals surface area contributed by atoms with E-state index in [1.165, 1.54) is 0 Å². The highest BCUT2D eigenvalue weighted by Gasteiger charge is 2.02. The Kier molecular flexibility index (Phi) is 1.91. The van der Waals surface area contributed by atoms with Crippen molar-refractivity contribution < 1.29 is 14.3 Å². The van der Waals surface area contributed by atoms with Gasteiger partial charge in [0, 0.05) is 6.92 Å². The Labute approximate surface area is 41.3 Å². The van der Waals surface area contributed by atoms with Gasteiger partial charge in [-0.05, 0) is 0 Å². The Morgan fingerprint density at radius 1 is 1.57 bits per heavy atom. The molecule has 3 heteroatoms. The van der Waals surface area contributed by atoms with Crippen LogP contribution in [0.4, 0.5) is 0 Å². The third kappa shape index (κ3) is 5.01. The first-order valence-electron chi connectivity index (χ1n) is 1.67. The van der Waals surface area contributed by atoms with Crippen molar-refractivity contribution in [3.8, 4) is 0 Å². The van der Waals surface area contributed by atoms with E-state index in [4.69, 9.17) is 0 Å². The molecular formula is C4H5O3+. The molecule has 0 radical (unpaired) electrons. The van der Waals surface area contributed by atoms with Crippen LogP contribution in [0.15, 0.2) is 0 Å². The Balaban J connectivity index is 3.32. The summed E-state index contributed by atoms with van der Waals surface area (Å²) < 4.78 is 3.86. The van der Waals surface area contributed by atoms with Gasteiger partial charge in [0.2, 0.25) is 0 Å². The van der Waals surface area contributed by atoms with Crippen molar-refractivity contribution in [2.75, 3.05) is 0 Å². The zero-order valence-electron chi connectivity index (χ0n) is 3.93. The Hall–Kier alpha value is -0.990. The normalized spacial score (nSPS) is 7.57. The molecule has 0 bridgehead atoms. The van der Waals surface area contributed by atoms with Crippen molar-refractivity contribution in [1.82, 2.24) is 0 Å². The maximum absolute atomic E-state index is 9.77. The zero-order chi connectivity index (χ0) is 5.86. The second kappa shape index (κ2) is 2.23. The highest BCUT2D eigenvalue weighted by atomic mass is 16.6. The van der Waals surface area contributed by atoms with E-state index in [9.17, 15) is 9.59 Å². The smallest absolute Gasteiger partial charge is 0.356 e. The number of rotatable bonds is 0. The lowest BCUT2D eigenvalue weighted by Crippen LogP contribution is -2.03. The van der Waals surface area contributed by atoms with Crippen LogP contribution in [0.2, 0.25) is 0 Å². The molecule has 7 heavy (non-hydrogen) atoms. The minimum atomic E-state index is -0.813. The average Bonchev–Trinajstić information content (AvgIpc) is 1.27. The largest absolute Gasteiger partial charge is 0.501 e. The van der Waals surface area contributed by atoms with Crippen LogP contribution in [0.3, 0.4) is 0 Å². The molecule has 0 aliphatic carbocycles. The number of carbonyl (C=O) groups is 2. The predicted octanol–water partition coefficient (Wildman–Crippen LogP) is -0.0898. The molecule has 3 nitrogen and oxygen atoms in total. The number of ether oxygens (including phenoxy) is 1. The van der Waals surface area contributed by atoms with Gasteiger partial charge in [-0.25, -0.2) is 0 Å². The van der Waals surface area contributed by atoms with Crippen LogP contribution >= 0.6 is 0 Å². The minimum absolute atomic E-state index is 0.625. The third-order valence-electron chi connectivity index (χ3n) is 0.258. The molecule has 0 aliphatic rings. The standard InChI is InChI=1S/C4H5O3/c1-3(5)7-4(2)6/h1H2,2H3/q+1. The maximum atomic E-state index is 9.77. The van der Waals surface area contributed by atoms with Gasteiger partial charge in [0.1, 0.15) is 0 Å². The van der Waals surface area contributed by atoms with Crippen LogP contribution in [0.25, 0.3) is 0 Å². The molecule has 0 amide bonds. The van der Waals surface area contributed by atoms with Gasteiger partial charge in [-0.3, -0.25) is 4.79 Å². The summed E-state index contributed by atoms with van der Waals surface area (Å²) in [4.78, 5) is 19.5. The van der Waals surface area contributed by atoms with E-state index in [2.05, 4.69) is 11.7 Å². The Morgan fingerprint density at radius 3 is 2.00 bits per heavy atom. The number of hydrogen-bond donors (Lipinski definition) is 0. The summed E-state index contributed by atoms with van der Waals surface area (Å²) >= 11 is 0. The lowest BCUT2D eigenvalue weighted by molar-refractivity contribution is -0.154. The van der Waals surface area contributed by atoms with Crippen LogP contribution in [-0.2, 0) is 14.3 Å². The third-order valence-corrected chi connectivity index (χ3v) is 0.258. The fourth-order valence-corrected chi connectivity index (χ4v) is 0.160. The highest BCUT2D eigenvalue weighted by Crippen LogP contribution is 1.73. The average molecular weight is 101 g/mol. The van der Waals surface area contributed by atoms with Crippen molar-refractivity contribution in [1.29, 1.82) is 0 Å². The van der Waals surface area contributed by atoms with E-state index in [-0.39, 0.29) is 0 Å². The molecule has 0 spiro atoms. The highest BCUT2D eigenvalue weighted by molar-refractivity contribution is 5.86. The number of hydrogen-bond acceptors (Lipinski definition) is 3. The minimum Gasteiger partial charge on any atom is -0.356 e. The van der Waals surface area contributed by atoms with Crippen molar-refractivity contribution in [2.24, 2.45) is 0 Å². The van der Waals surface area contributed by atoms with Crippen molar-refractivity contribution >= 4 is 11.9 Å². The summed E-state index contributed by atoms with van der Waals surface area (Å²) in [7, 11) is 0. The fraction of sp³-hybridized carbons (Fsp3) is 0.250. The summed E-state index contributed by atoms with van der Waals surface area (Å²) in [5.41, 5.74) is 0. The predicted molar refractivity (Wildman–Crippen MR) is 22.1 cm³/mol. The first kappa shape index (κ1) is 6.01. The van der Waals surface area contributed by atoms with Gasteiger partial charge in [0.25, 0.3) is 0 Å². The molecule has 0 saturated carbocycles. The van der Waals surface area contributed by atoms with Gasteiger partial charge in [0.15, 0.2) is 6.92 Å². The molecule has 0 atom stereocenters. The molecule has 0 unspecified atom stereocenters. The first-order valence-corrected chi connectivity index (χ1v) is 1.67. The molecule has 0 saturated heterocycles. The molecule has 0 N–H and O–H groups in total. The summed E-state index contributed by atoms with van der Waals surface area (Å²) in [6.07, 6.45) is 0. The number of esters is 2. The van der Waals surface area contributed by atoms with Crippen molar-refractivity contribution in [2.45, 2.75) is 6.92 Å². The van der Waals surface area contributed by atoms with E-state index in [0.29, 0.717) is 0 Å². The zero-order valence-corrected chi connectivity index (χ0v) is 3.93. The van der Waals surface area contributed by atoms with E-state index in [0.717, 1.165) is 6.92 Å². The van der Waals surface area contributed by atoms with Gasteiger partial charge in [-0.1, -0.05) is 0 Å². The van der Waals surface area contributed by atoms with Gasteiger partial charge >= 0.3 is 11.9 Å². The van der Waals surface area contributed by atoms with Crippen molar-refractivity contribution in [3.63, 3.8) is 0 Å². The van der Waals surface area contributed by atoms with Crippen LogP contribution < -0.4 is 0 Å². The summed E-state index contributed by atoms with van der Waals surface area (Å²) in [5, 5.41) is 0. The van der Waals surface area contributed by atoms with E-state index >= 15 is 0 Å². The summed E-state index contributed by atoms with van der Waals surface area (Å²) in [6.45, 7) is 3.94. The van der Waals surface area contributed by atoms with Crippen LogP contribution in [0.5, 0.6) is 0 Å². The van der Waals surface area contributed by atoms with Gasteiger partial charge < -0.3 is 4.74 Å². The molecule has 0 aromatic rings. The molecule has 0 heterocycles. The van der Waals surface area contributed by atoms with Gasteiger partial charge in [0.05, 0.1) is 0 Å². The first-order chi connectivity index (χ1) is 3.13. The van der Waals surface area contributed by atoms with Crippen molar-refractivity contribution in [3.05, 3.63) is 6.92 Å². The molecule has 0 aromatic heterocycles.